The van der Waals surface area contributed by atoms with Crippen LogP contribution in [0.15, 0.2) is 24.3 Å². The Labute approximate surface area is 125 Å². The van der Waals surface area contributed by atoms with E-state index in [0.29, 0.717) is 0 Å². The molecule has 0 radical (unpaired) electrons. The van der Waals surface area contributed by atoms with Crippen molar-refractivity contribution in [3.05, 3.63) is 35.4 Å². The van der Waals surface area contributed by atoms with Crippen molar-refractivity contribution in [2.45, 2.75) is 53.0 Å². The molecule has 0 saturated carbocycles. The standard InChI is InChI=1S/C18H32N2/c1-5-16(6-2)14-20(7-3)13-12-18(19)17-11-9-8-10-15(17)4/h8-11,16,18H,5-7,12-14,19H2,1-4H3. The number of hydrogen-bond acceptors (Lipinski definition) is 2. The van der Waals surface area contributed by atoms with E-state index >= 15 is 0 Å². The first kappa shape index (κ1) is 17.2. The molecule has 0 aliphatic rings. The van der Waals surface area contributed by atoms with Gasteiger partial charge in [0.05, 0.1) is 0 Å². The molecule has 20 heavy (non-hydrogen) atoms. The van der Waals surface area contributed by atoms with Gasteiger partial charge in [-0.05, 0) is 43.5 Å². The third kappa shape index (κ3) is 5.26. The Hall–Kier alpha value is -0.860. The van der Waals surface area contributed by atoms with E-state index in [1.165, 1.54) is 30.5 Å². The fraction of sp³-hybridized carbons (Fsp3) is 0.667. The van der Waals surface area contributed by atoms with Crippen molar-refractivity contribution in [2.75, 3.05) is 19.6 Å². The molecule has 0 aliphatic heterocycles. The van der Waals surface area contributed by atoms with E-state index in [-0.39, 0.29) is 6.04 Å². The molecule has 0 fully saturated rings. The Morgan fingerprint density at radius 2 is 1.75 bits per heavy atom. The molecule has 1 unspecified atom stereocenters. The van der Waals surface area contributed by atoms with Gasteiger partial charge in [-0.15, -0.1) is 0 Å². The lowest BCUT2D eigenvalue weighted by Crippen LogP contribution is -2.32. The lowest BCUT2D eigenvalue weighted by atomic mass is 9.98. The minimum Gasteiger partial charge on any atom is -0.324 e. The van der Waals surface area contributed by atoms with Crippen LogP contribution in [-0.2, 0) is 0 Å². The maximum absolute atomic E-state index is 6.37. The van der Waals surface area contributed by atoms with E-state index in [0.717, 1.165) is 25.4 Å². The predicted octanol–water partition coefficient (Wildman–Crippen LogP) is 4.14. The first-order valence-corrected chi connectivity index (χ1v) is 8.15. The molecule has 0 heterocycles. The summed E-state index contributed by atoms with van der Waals surface area (Å²) in [6.07, 6.45) is 3.59. The van der Waals surface area contributed by atoms with E-state index in [9.17, 15) is 0 Å². The van der Waals surface area contributed by atoms with Crippen LogP contribution in [0.25, 0.3) is 0 Å². The number of rotatable bonds is 9. The summed E-state index contributed by atoms with van der Waals surface area (Å²) >= 11 is 0. The number of hydrogen-bond donors (Lipinski definition) is 1. The van der Waals surface area contributed by atoms with Gasteiger partial charge in [0, 0.05) is 12.6 Å². The highest BCUT2D eigenvalue weighted by Crippen LogP contribution is 2.19. The maximum atomic E-state index is 6.37. The van der Waals surface area contributed by atoms with Crippen molar-refractivity contribution in [2.24, 2.45) is 11.7 Å². The quantitative estimate of drug-likeness (QED) is 0.734. The molecule has 0 aliphatic carbocycles. The van der Waals surface area contributed by atoms with Crippen LogP contribution in [0, 0.1) is 12.8 Å². The predicted molar refractivity (Wildman–Crippen MR) is 88.9 cm³/mol. The first-order valence-electron chi connectivity index (χ1n) is 8.15. The highest BCUT2D eigenvalue weighted by molar-refractivity contribution is 5.28. The summed E-state index contributed by atoms with van der Waals surface area (Å²) in [4.78, 5) is 2.55. The zero-order chi connectivity index (χ0) is 15.0. The molecule has 1 aromatic carbocycles. The summed E-state index contributed by atoms with van der Waals surface area (Å²) < 4.78 is 0. The van der Waals surface area contributed by atoms with E-state index in [4.69, 9.17) is 5.73 Å². The maximum Gasteiger partial charge on any atom is 0.0309 e. The summed E-state index contributed by atoms with van der Waals surface area (Å²) in [6, 6.07) is 8.64. The van der Waals surface area contributed by atoms with E-state index in [1.807, 2.05) is 0 Å². The van der Waals surface area contributed by atoms with Gasteiger partial charge in [-0.25, -0.2) is 0 Å². The van der Waals surface area contributed by atoms with Crippen molar-refractivity contribution in [3.8, 4) is 0 Å². The topological polar surface area (TPSA) is 29.3 Å². The van der Waals surface area contributed by atoms with Crippen LogP contribution in [0.1, 0.15) is 57.2 Å². The molecule has 114 valence electrons. The number of benzene rings is 1. The van der Waals surface area contributed by atoms with E-state index < -0.39 is 0 Å². The molecule has 2 heteroatoms. The lowest BCUT2D eigenvalue weighted by Gasteiger charge is -2.26. The van der Waals surface area contributed by atoms with Crippen LogP contribution in [0.5, 0.6) is 0 Å². The lowest BCUT2D eigenvalue weighted by molar-refractivity contribution is 0.226. The molecule has 1 rings (SSSR count). The SMILES string of the molecule is CCC(CC)CN(CC)CCC(N)c1ccccc1C. The summed E-state index contributed by atoms with van der Waals surface area (Å²) in [5, 5.41) is 0. The van der Waals surface area contributed by atoms with Gasteiger partial charge in [-0.1, -0.05) is 57.9 Å². The highest BCUT2D eigenvalue weighted by Gasteiger charge is 2.13. The fourth-order valence-corrected chi connectivity index (χ4v) is 2.77. The Morgan fingerprint density at radius 1 is 1.10 bits per heavy atom. The van der Waals surface area contributed by atoms with Gasteiger partial charge in [0.2, 0.25) is 0 Å². The molecule has 0 aromatic heterocycles. The molecule has 0 saturated heterocycles. The number of nitrogens with zero attached hydrogens (tertiary/aromatic N) is 1. The second-order valence-electron chi connectivity index (χ2n) is 5.83. The van der Waals surface area contributed by atoms with Crippen LogP contribution in [-0.4, -0.2) is 24.5 Å². The van der Waals surface area contributed by atoms with Gasteiger partial charge in [0.25, 0.3) is 0 Å². The van der Waals surface area contributed by atoms with Gasteiger partial charge >= 0.3 is 0 Å². The largest absolute Gasteiger partial charge is 0.324 e. The second kappa shape index (κ2) is 9.15. The molecular formula is C18H32N2. The van der Waals surface area contributed by atoms with Gasteiger partial charge in [0.15, 0.2) is 0 Å². The molecule has 1 atom stereocenters. The monoisotopic (exact) mass is 276 g/mol. The van der Waals surface area contributed by atoms with Crippen molar-refractivity contribution < 1.29 is 0 Å². The Bertz CT molecular complexity index is 371. The first-order chi connectivity index (χ1) is 9.62. The van der Waals surface area contributed by atoms with Crippen LogP contribution < -0.4 is 5.73 Å². The highest BCUT2D eigenvalue weighted by atomic mass is 15.1. The summed E-state index contributed by atoms with van der Waals surface area (Å²) in [7, 11) is 0. The third-order valence-corrected chi connectivity index (χ3v) is 4.46. The average Bonchev–Trinajstić information content (AvgIpc) is 2.48. The van der Waals surface area contributed by atoms with Gasteiger partial charge in [-0.3, -0.25) is 0 Å². The van der Waals surface area contributed by atoms with Gasteiger partial charge < -0.3 is 10.6 Å². The van der Waals surface area contributed by atoms with Crippen molar-refractivity contribution in [3.63, 3.8) is 0 Å². The third-order valence-electron chi connectivity index (χ3n) is 4.46. The Kier molecular flexibility index (Phi) is 7.86. The van der Waals surface area contributed by atoms with Crippen molar-refractivity contribution in [1.82, 2.24) is 4.90 Å². The zero-order valence-corrected chi connectivity index (χ0v) is 13.7. The number of aryl methyl sites for hydroxylation is 1. The minimum absolute atomic E-state index is 0.159. The second-order valence-corrected chi connectivity index (χ2v) is 5.83. The van der Waals surface area contributed by atoms with E-state index in [1.54, 1.807) is 0 Å². The Morgan fingerprint density at radius 3 is 2.30 bits per heavy atom. The van der Waals surface area contributed by atoms with Crippen molar-refractivity contribution in [1.29, 1.82) is 0 Å². The van der Waals surface area contributed by atoms with Crippen molar-refractivity contribution >= 4 is 0 Å². The van der Waals surface area contributed by atoms with Gasteiger partial charge in [0.1, 0.15) is 0 Å². The molecule has 0 amide bonds. The van der Waals surface area contributed by atoms with Crippen LogP contribution >= 0.6 is 0 Å². The molecule has 2 nitrogen and oxygen atoms in total. The summed E-state index contributed by atoms with van der Waals surface area (Å²) in [5.41, 5.74) is 8.97. The fourth-order valence-electron chi connectivity index (χ4n) is 2.77. The normalized spacial score (nSPS) is 13.2. The average molecular weight is 276 g/mol. The van der Waals surface area contributed by atoms with E-state index in [2.05, 4.69) is 56.9 Å². The van der Waals surface area contributed by atoms with Crippen LogP contribution in [0.2, 0.25) is 0 Å². The zero-order valence-electron chi connectivity index (χ0n) is 13.7. The summed E-state index contributed by atoms with van der Waals surface area (Å²) in [5.74, 6) is 0.824. The molecule has 0 bridgehead atoms. The minimum atomic E-state index is 0.159. The number of nitrogens with two attached hydrogens (primary N) is 1. The molecule has 1 aromatic rings. The molecule has 2 N–H and O–H groups in total. The molecular weight excluding hydrogens is 244 g/mol. The van der Waals surface area contributed by atoms with Crippen LogP contribution in [0.3, 0.4) is 0 Å². The molecule has 0 spiro atoms. The van der Waals surface area contributed by atoms with Crippen LogP contribution in [0.4, 0.5) is 0 Å². The summed E-state index contributed by atoms with van der Waals surface area (Å²) in [6.45, 7) is 12.4. The van der Waals surface area contributed by atoms with Gasteiger partial charge in [-0.2, -0.15) is 0 Å². The Balaban J connectivity index is 2.49. The smallest absolute Gasteiger partial charge is 0.0309 e.